The molecule has 30 heavy (non-hydrogen) atoms. The highest BCUT2D eigenvalue weighted by molar-refractivity contribution is 8.24. The van der Waals surface area contributed by atoms with Crippen molar-refractivity contribution in [3.8, 4) is 0 Å². The van der Waals surface area contributed by atoms with E-state index in [1.165, 1.54) is 0 Å². The Hall–Kier alpha value is -1.92. The molecule has 166 valence electrons. The molecule has 11 heteroatoms. The van der Waals surface area contributed by atoms with Crippen molar-refractivity contribution in [1.82, 2.24) is 14.8 Å². The van der Waals surface area contributed by atoms with Gasteiger partial charge in [0.2, 0.25) is 0 Å². The number of rotatable bonds is 6. The first-order chi connectivity index (χ1) is 14.3. The summed E-state index contributed by atoms with van der Waals surface area (Å²) in [6.45, 7) is 3.93. The summed E-state index contributed by atoms with van der Waals surface area (Å²) in [7, 11) is -2.47. The molecule has 4 heterocycles. The SMILES string of the molecule is CCn1nc(C)c2c(NC3CCS(O)(O)CC3)c(C3=NOC(CO)(CO)C3)cnc21. The predicted molar refractivity (Wildman–Crippen MR) is 116 cm³/mol. The van der Waals surface area contributed by atoms with E-state index in [1.54, 1.807) is 6.20 Å². The predicted octanol–water partition coefficient (Wildman–Crippen LogP) is 1.93. The van der Waals surface area contributed by atoms with Gasteiger partial charge in [-0.2, -0.15) is 15.7 Å². The third-order valence-electron chi connectivity index (χ3n) is 5.90. The normalized spacial score (nSPS) is 22.0. The van der Waals surface area contributed by atoms with Gasteiger partial charge in [-0.15, -0.1) is 0 Å². The highest BCUT2D eigenvalue weighted by Crippen LogP contribution is 2.45. The van der Waals surface area contributed by atoms with Crippen LogP contribution in [0.2, 0.25) is 0 Å². The highest BCUT2D eigenvalue weighted by Gasteiger charge is 2.40. The fraction of sp³-hybridized carbons (Fsp3) is 0.632. The van der Waals surface area contributed by atoms with E-state index in [-0.39, 0.29) is 25.7 Å². The van der Waals surface area contributed by atoms with Crippen LogP contribution in [-0.4, -0.2) is 76.2 Å². The van der Waals surface area contributed by atoms with Crippen molar-refractivity contribution in [2.75, 3.05) is 30.0 Å². The van der Waals surface area contributed by atoms with Gasteiger partial charge >= 0.3 is 0 Å². The molecule has 4 rings (SSSR count). The minimum Gasteiger partial charge on any atom is -0.392 e. The second-order valence-corrected chi connectivity index (χ2v) is 10.5. The average Bonchev–Trinajstić information content (AvgIpc) is 3.31. The lowest BCUT2D eigenvalue weighted by molar-refractivity contribution is -0.0878. The van der Waals surface area contributed by atoms with Crippen molar-refractivity contribution in [2.24, 2.45) is 5.16 Å². The van der Waals surface area contributed by atoms with Crippen LogP contribution in [0, 0.1) is 6.92 Å². The van der Waals surface area contributed by atoms with E-state index in [4.69, 9.17) is 4.84 Å². The smallest absolute Gasteiger partial charge is 0.188 e. The van der Waals surface area contributed by atoms with Gasteiger partial charge < -0.3 is 20.4 Å². The van der Waals surface area contributed by atoms with Crippen LogP contribution in [-0.2, 0) is 11.4 Å². The third kappa shape index (κ3) is 3.76. The van der Waals surface area contributed by atoms with Gasteiger partial charge in [0.05, 0.1) is 35.7 Å². The van der Waals surface area contributed by atoms with E-state index in [1.807, 2.05) is 18.5 Å². The first-order valence-electron chi connectivity index (χ1n) is 10.1. The van der Waals surface area contributed by atoms with Crippen molar-refractivity contribution in [3.63, 3.8) is 0 Å². The van der Waals surface area contributed by atoms with Crippen LogP contribution in [0.15, 0.2) is 11.4 Å². The molecule has 0 radical (unpaired) electrons. The van der Waals surface area contributed by atoms with Gasteiger partial charge in [0, 0.05) is 42.3 Å². The van der Waals surface area contributed by atoms with Crippen LogP contribution in [0.5, 0.6) is 0 Å². The second-order valence-electron chi connectivity index (χ2n) is 8.08. The maximum Gasteiger partial charge on any atom is 0.188 e. The molecule has 0 atom stereocenters. The molecule has 2 aliphatic heterocycles. The van der Waals surface area contributed by atoms with E-state index >= 15 is 0 Å². The third-order valence-corrected chi connectivity index (χ3v) is 7.68. The van der Waals surface area contributed by atoms with Crippen LogP contribution in [0.1, 0.15) is 37.4 Å². The maximum absolute atomic E-state index is 9.95. The number of anilines is 1. The standard InChI is InChI=1S/C19H29N5O5S/c1-3-24-18-16(12(2)22-24)17(21-13-4-6-30(27,28)7-5-13)14(9-20-18)15-8-19(10-25,11-26)29-23-15/h9,13,25-28H,3-8,10-11H2,1-2H3,(H,20,21). The molecule has 2 aliphatic rings. The van der Waals surface area contributed by atoms with Crippen LogP contribution >= 0.6 is 10.6 Å². The van der Waals surface area contributed by atoms with Gasteiger partial charge in [0.25, 0.3) is 0 Å². The summed E-state index contributed by atoms with van der Waals surface area (Å²) in [5, 5.41) is 32.6. The lowest BCUT2D eigenvalue weighted by Gasteiger charge is -2.39. The number of nitrogens with zero attached hydrogens (tertiary/aromatic N) is 4. The Bertz CT molecular complexity index is 962. The van der Waals surface area contributed by atoms with Crippen molar-refractivity contribution in [1.29, 1.82) is 0 Å². The molecule has 0 aromatic carbocycles. The zero-order valence-corrected chi connectivity index (χ0v) is 18.0. The number of aryl methyl sites for hydroxylation is 2. The van der Waals surface area contributed by atoms with Crippen LogP contribution in [0.3, 0.4) is 0 Å². The molecule has 2 aromatic heterocycles. The number of nitrogens with one attached hydrogen (secondary N) is 1. The van der Waals surface area contributed by atoms with Crippen molar-refractivity contribution in [3.05, 3.63) is 17.5 Å². The summed E-state index contributed by atoms with van der Waals surface area (Å²) >= 11 is 0. The van der Waals surface area contributed by atoms with Gasteiger partial charge in [0.1, 0.15) is 0 Å². The lowest BCUT2D eigenvalue weighted by Crippen LogP contribution is -2.38. The van der Waals surface area contributed by atoms with E-state index in [0.717, 1.165) is 28.0 Å². The van der Waals surface area contributed by atoms with Crippen LogP contribution in [0.25, 0.3) is 11.0 Å². The largest absolute Gasteiger partial charge is 0.392 e. The Labute approximate surface area is 176 Å². The molecular weight excluding hydrogens is 410 g/mol. The number of aliphatic hydroxyl groups is 2. The van der Waals surface area contributed by atoms with Crippen molar-refractivity contribution in [2.45, 2.75) is 51.3 Å². The Morgan fingerprint density at radius 2 is 1.97 bits per heavy atom. The van der Waals surface area contributed by atoms with Crippen molar-refractivity contribution >= 4 is 33.0 Å². The molecule has 0 spiro atoms. The zero-order chi connectivity index (χ0) is 21.5. The molecule has 0 saturated carbocycles. The number of oxime groups is 1. The lowest BCUT2D eigenvalue weighted by atomic mass is 9.94. The Morgan fingerprint density at radius 1 is 1.27 bits per heavy atom. The zero-order valence-electron chi connectivity index (χ0n) is 17.2. The Kier molecular flexibility index (Phi) is 5.66. The number of aromatic nitrogens is 3. The summed E-state index contributed by atoms with van der Waals surface area (Å²) in [4.78, 5) is 10.0. The molecule has 10 nitrogen and oxygen atoms in total. The molecular formula is C19H29N5O5S. The van der Waals surface area contributed by atoms with Gasteiger partial charge in [-0.3, -0.25) is 9.11 Å². The molecule has 0 bridgehead atoms. The molecule has 0 aliphatic carbocycles. The van der Waals surface area contributed by atoms with E-state index in [9.17, 15) is 19.3 Å². The Balaban J connectivity index is 1.75. The monoisotopic (exact) mass is 439 g/mol. The molecule has 2 aromatic rings. The topological polar surface area (TPSA) is 145 Å². The quantitative estimate of drug-likeness (QED) is 0.459. The maximum atomic E-state index is 9.95. The number of aliphatic hydroxyl groups excluding tert-OH is 2. The van der Waals surface area contributed by atoms with Gasteiger partial charge in [-0.05, 0) is 26.7 Å². The average molecular weight is 440 g/mol. The molecule has 0 unspecified atom stereocenters. The second kappa shape index (κ2) is 7.97. The fourth-order valence-electron chi connectivity index (χ4n) is 4.05. The van der Waals surface area contributed by atoms with Gasteiger partial charge in [-0.25, -0.2) is 9.67 Å². The summed E-state index contributed by atoms with van der Waals surface area (Å²) in [6.07, 6.45) is 3.27. The van der Waals surface area contributed by atoms with E-state index in [0.29, 0.717) is 36.6 Å². The summed E-state index contributed by atoms with van der Waals surface area (Å²) < 4.78 is 21.7. The minimum absolute atomic E-state index is 0.0713. The van der Waals surface area contributed by atoms with Crippen LogP contribution in [0.4, 0.5) is 5.69 Å². The first kappa shape index (κ1) is 21.3. The van der Waals surface area contributed by atoms with Gasteiger partial charge in [0.15, 0.2) is 11.2 Å². The molecule has 1 saturated heterocycles. The highest BCUT2D eigenvalue weighted by atomic mass is 32.3. The number of fused-ring (bicyclic) bond motifs is 1. The van der Waals surface area contributed by atoms with E-state index < -0.39 is 16.2 Å². The molecule has 1 fully saturated rings. The fourth-order valence-corrected chi connectivity index (χ4v) is 5.58. The molecule has 0 amide bonds. The molecule has 5 N–H and O–H groups in total. The number of hydrogen-bond donors (Lipinski definition) is 5. The number of hydrogen-bond acceptors (Lipinski definition) is 9. The van der Waals surface area contributed by atoms with Crippen molar-refractivity contribution < 1.29 is 24.2 Å². The Morgan fingerprint density at radius 3 is 2.57 bits per heavy atom. The van der Waals surface area contributed by atoms with Crippen LogP contribution < -0.4 is 5.32 Å². The summed E-state index contributed by atoms with van der Waals surface area (Å²) in [5.41, 5.74) is 2.62. The van der Waals surface area contributed by atoms with Gasteiger partial charge in [-0.1, -0.05) is 5.16 Å². The summed E-state index contributed by atoms with van der Waals surface area (Å²) in [6, 6.07) is 0.0713. The number of pyridine rings is 1. The summed E-state index contributed by atoms with van der Waals surface area (Å²) in [5.74, 6) is 0.757. The first-order valence-corrected chi connectivity index (χ1v) is 12.0. The minimum atomic E-state index is -2.47. The van der Waals surface area contributed by atoms with E-state index in [2.05, 4.69) is 20.6 Å².